The number of hydrogen-bond donors (Lipinski definition) is 1. The van der Waals surface area contributed by atoms with Gasteiger partial charge in [0, 0.05) is 18.7 Å². The standard InChI is InChI=1S/C23H29FN4OS/c1-14(23-10-15-7-16(11-23)9-17(8-15)12-23)25-20(29)13-30-22-27-26-21(28(22)2)18-3-5-19(24)6-4-18/h3-6,14-17H,7-13H2,1-2H3,(H,25,29)/t14-,15?,16?,17?,23?/m0/s1. The molecule has 5 nitrogen and oxygen atoms in total. The number of nitrogens with one attached hydrogen (secondary N) is 1. The van der Waals surface area contributed by atoms with Crippen molar-refractivity contribution in [1.82, 2.24) is 20.1 Å². The Morgan fingerprint density at radius 2 is 1.77 bits per heavy atom. The number of rotatable bonds is 6. The van der Waals surface area contributed by atoms with E-state index < -0.39 is 0 Å². The van der Waals surface area contributed by atoms with E-state index in [0.717, 1.165) is 23.3 Å². The molecule has 4 saturated carbocycles. The lowest BCUT2D eigenvalue weighted by Crippen LogP contribution is -2.56. The highest BCUT2D eigenvalue weighted by molar-refractivity contribution is 7.99. The molecule has 160 valence electrons. The Bertz CT molecular complexity index is 906. The minimum absolute atomic E-state index is 0.0644. The SMILES string of the molecule is C[C@H](NC(=O)CSc1nnc(-c2ccc(F)cc2)n1C)C12CC3CC(CC(C3)C1)C2. The number of halogens is 1. The first-order chi connectivity index (χ1) is 14.4. The zero-order valence-electron chi connectivity index (χ0n) is 17.6. The van der Waals surface area contributed by atoms with Crippen LogP contribution >= 0.6 is 11.8 Å². The van der Waals surface area contributed by atoms with E-state index in [0.29, 0.717) is 22.1 Å². The Balaban J connectivity index is 1.19. The minimum atomic E-state index is -0.277. The summed E-state index contributed by atoms with van der Waals surface area (Å²) in [7, 11) is 1.87. The maximum absolute atomic E-state index is 13.2. The second kappa shape index (κ2) is 7.66. The monoisotopic (exact) mass is 428 g/mol. The summed E-state index contributed by atoms with van der Waals surface area (Å²) < 4.78 is 15.0. The molecule has 4 fully saturated rings. The first kappa shape index (κ1) is 20.0. The molecular weight excluding hydrogens is 399 g/mol. The second-order valence-electron chi connectivity index (χ2n) is 9.73. The molecule has 4 aliphatic rings. The van der Waals surface area contributed by atoms with Gasteiger partial charge in [-0.2, -0.15) is 0 Å². The summed E-state index contributed by atoms with van der Waals surface area (Å²) in [6, 6.07) is 6.43. The number of benzene rings is 1. The lowest BCUT2D eigenvalue weighted by atomic mass is 9.48. The summed E-state index contributed by atoms with van der Waals surface area (Å²) in [5, 5.41) is 12.4. The third kappa shape index (κ3) is 3.66. The predicted molar refractivity (Wildman–Crippen MR) is 115 cm³/mol. The average Bonchev–Trinajstić information content (AvgIpc) is 3.06. The van der Waals surface area contributed by atoms with Crippen LogP contribution in [-0.4, -0.2) is 32.5 Å². The van der Waals surface area contributed by atoms with Gasteiger partial charge in [-0.15, -0.1) is 10.2 Å². The summed E-state index contributed by atoms with van der Waals surface area (Å²) in [5.74, 6) is 3.43. The van der Waals surface area contributed by atoms with Gasteiger partial charge >= 0.3 is 0 Å². The molecule has 1 N–H and O–H groups in total. The van der Waals surface area contributed by atoms with Gasteiger partial charge in [0.2, 0.25) is 5.91 Å². The average molecular weight is 429 g/mol. The van der Waals surface area contributed by atoms with Gasteiger partial charge in [-0.05, 0) is 92.9 Å². The molecule has 2 aromatic rings. The Morgan fingerprint density at radius 3 is 2.37 bits per heavy atom. The highest BCUT2D eigenvalue weighted by Crippen LogP contribution is 2.61. The highest BCUT2D eigenvalue weighted by Gasteiger charge is 2.53. The lowest BCUT2D eigenvalue weighted by molar-refractivity contribution is -0.123. The fraction of sp³-hybridized carbons (Fsp3) is 0.609. The molecule has 1 atom stereocenters. The number of carbonyl (C=O) groups excluding carboxylic acids is 1. The van der Waals surface area contributed by atoms with Gasteiger partial charge in [0.15, 0.2) is 11.0 Å². The van der Waals surface area contributed by atoms with Crippen molar-refractivity contribution in [2.45, 2.75) is 56.6 Å². The molecule has 0 radical (unpaired) electrons. The molecule has 1 aromatic heterocycles. The van der Waals surface area contributed by atoms with Crippen molar-refractivity contribution < 1.29 is 9.18 Å². The Labute approximate surface area is 181 Å². The fourth-order valence-corrected chi connectivity index (χ4v) is 7.29. The largest absolute Gasteiger partial charge is 0.352 e. The van der Waals surface area contributed by atoms with Crippen LogP contribution < -0.4 is 5.32 Å². The van der Waals surface area contributed by atoms with Gasteiger partial charge in [-0.25, -0.2) is 4.39 Å². The van der Waals surface area contributed by atoms with Crippen molar-refractivity contribution in [3.63, 3.8) is 0 Å². The highest BCUT2D eigenvalue weighted by atomic mass is 32.2. The smallest absolute Gasteiger partial charge is 0.230 e. The number of hydrogen-bond acceptors (Lipinski definition) is 4. The Kier molecular flexibility index (Phi) is 5.12. The van der Waals surface area contributed by atoms with E-state index in [4.69, 9.17) is 0 Å². The van der Waals surface area contributed by atoms with E-state index in [1.54, 1.807) is 12.1 Å². The van der Waals surface area contributed by atoms with Gasteiger partial charge in [0.25, 0.3) is 0 Å². The summed E-state index contributed by atoms with van der Waals surface area (Å²) in [6.07, 6.45) is 8.11. The molecule has 0 aliphatic heterocycles. The van der Waals surface area contributed by atoms with Crippen LogP contribution in [0.4, 0.5) is 4.39 Å². The number of thioether (sulfide) groups is 1. The quantitative estimate of drug-likeness (QED) is 0.692. The first-order valence-corrected chi connectivity index (χ1v) is 12.0. The molecule has 1 heterocycles. The van der Waals surface area contributed by atoms with Gasteiger partial charge < -0.3 is 9.88 Å². The van der Waals surface area contributed by atoms with E-state index >= 15 is 0 Å². The maximum atomic E-state index is 13.2. The number of amides is 1. The van der Waals surface area contributed by atoms with Crippen molar-refractivity contribution in [2.24, 2.45) is 30.2 Å². The minimum Gasteiger partial charge on any atom is -0.352 e. The fourth-order valence-electron chi connectivity index (χ4n) is 6.57. The topological polar surface area (TPSA) is 59.8 Å². The summed E-state index contributed by atoms with van der Waals surface area (Å²) in [4.78, 5) is 12.7. The van der Waals surface area contributed by atoms with E-state index in [9.17, 15) is 9.18 Å². The zero-order valence-corrected chi connectivity index (χ0v) is 18.4. The third-order valence-electron chi connectivity index (χ3n) is 7.65. The van der Waals surface area contributed by atoms with Crippen LogP contribution in [0.25, 0.3) is 11.4 Å². The summed E-state index contributed by atoms with van der Waals surface area (Å²) >= 11 is 1.40. The molecule has 4 aliphatic carbocycles. The van der Waals surface area contributed by atoms with Crippen LogP contribution in [0.15, 0.2) is 29.4 Å². The third-order valence-corrected chi connectivity index (χ3v) is 8.67. The van der Waals surface area contributed by atoms with Gasteiger partial charge in [-0.1, -0.05) is 11.8 Å². The molecule has 30 heavy (non-hydrogen) atoms. The zero-order chi connectivity index (χ0) is 20.9. The van der Waals surface area contributed by atoms with Crippen LogP contribution in [0.1, 0.15) is 45.4 Å². The number of carbonyl (C=O) groups is 1. The molecule has 6 rings (SSSR count). The van der Waals surface area contributed by atoms with E-state index in [-0.39, 0.29) is 17.8 Å². The second-order valence-corrected chi connectivity index (χ2v) is 10.7. The van der Waals surface area contributed by atoms with Crippen molar-refractivity contribution in [3.05, 3.63) is 30.1 Å². The van der Waals surface area contributed by atoms with Crippen molar-refractivity contribution in [2.75, 3.05) is 5.75 Å². The molecule has 0 unspecified atom stereocenters. The van der Waals surface area contributed by atoms with Crippen LogP contribution in [0.3, 0.4) is 0 Å². The van der Waals surface area contributed by atoms with Gasteiger partial charge in [-0.3, -0.25) is 4.79 Å². The van der Waals surface area contributed by atoms with Crippen molar-refractivity contribution in [3.8, 4) is 11.4 Å². The maximum Gasteiger partial charge on any atom is 0.230 e. The van der Waals surface area contributed by atoms with Crippen molar-refractivity contribution in [1.29, 1.82) is 0 Å². The summed E-state index contributed by atoms with van der Waals surface area (Å²) in [6.45, 7) is 2.21. The van der Waals surface area contributed by atoms with Crippen LogP contribution in [0.5, 0.6) is 0 Å². The van der Waals surface area contributed by atoms with Crippen LogP contribution in [0.2, 0.25) is 0 Å². The normalized spacial score (nSPS) is 30.4. The Hall–Kier alpha value is -1.89. The van der Waals surface area contributed by atoms with Gasteiger partial charge in [0.1, 0.15) is 5.82 Å². The number of nitrogens with zero attached hydrogens (tertiary/aromatic N) is 3. The van der Waals surface area contributed by atoms with Gasteiger partial charge in [0.05, 0.1) is 5.75 Å². The Morgan fingerprint density at radius 1 is 1.17 bits per heavy atom. The summed E-state index contributed by atoms with van der Waals surface area (Å²) in [5.41, 5.74) is 1.12. The molecule has 0 saturated heterocycles. The predicted octanol–water partition coefficient (Wildman–Crippen LogP) is 4.43. The molecular formula is C23H29FN4OS. The molecule has 4 bridgehead atoms. The van der Waals surface area contributed by atoms with Crippen LogP contribution in [-0.2, 0) is 11.8 Å². The van der Waals surface area contributed by atoms with E-state index in [2.05, 4.69) is 22.4 Å². The van der Waals surface area contributed by atoms with E-state index in [1.165, 1.54) is 62.4 Å². The van der Waals surface area contributed by atoms with E-state index in [1.807, 2.05) is 11.6 Å². The van der Waals surface area contributed by atoms with Crippen LogP contribution in [0, 0.1) is 29.0 Å². The molecule has 1 amide bonds. The first-order valence-electron chi connectivity index (χ1n) is 11.0. The lowest BCUT2D eigenvalue weighted by Gasteiger charge is -2.59. The molecule has 0 spiro atoms. The van der Waals surface area contributed by atoms with Crippen molar-refractivity contribution >= 4 is 17.7 Å². The molecule has 7 heteroatoms. The number of aromatic nitrogens is 3. The molecule has 1 aromatic carbocycles.